The molecule has 0 radical (unpaired) electrons. The Morgan fingerprint density at radius 1 is 0.893 bits per heavy atom. The van der Waals surface area contributed by atoms with E-state index in [0.29, 0.717) is 0 Å². The van der Waals surface area contributed by atoms with Crippen LogP contribution in [0.4, 0.5) is 0 Å². The summed E-state index contributed by atoms with van der Waals surface area (Å²) in [6.07, 6.45) is -1.82. The highest BCUT2D eigenvalue weighted by Crippen LogP contribution is 2.07. The summed E-state index contributed by atoms with van der Waals surface area (Å²) in [5, 5.41) is 33.7. The highest BCUT2D eigenvalue weighted by Gasteiger charge is 2.31. The normalized spacial score (nSPS) is 15.1. The summed E-state index contributed by atoms with van der Waals surface area (Å²) in [7, 11) is 0. The molecule has 0 aromatic heterocycles. The molecule has 0 bridgehead atoms. The molecule has 12 heteroatoms. The number of carboxylic acids is 2. The molecule has 0 aliphatic heterocycles. The van der Waals surface area contributed by atoms with Gasteiger partial charge in [-0.05, 0) is 19.3 Å². The maximum atomic E-state index is 12.5. The molecule has 4 unspecified atom stereocenters. The lowest BCUT2D eigenvalue weighted by Crippen LogP contribution is -2.59. The van der Waals surface area contributed by atoms with Gasteiger partial charge in [-0.25, -0.2) is 0 Å². The molecule has 3 amide bonds. The predicted octanol–water partition coefficient (Wildman–Crippen LogP) is -2.61. The standard InChI is InChI=1S/C16H28N4O8/c1-7(2)4-10(19-14(26)9(17)5-11(22)23)15(27)20-13(8(3)21)16(28)18-6-12(24)25/h7-10,13,21H,4-6,17H2,1-3H3,(H,18,28)(H,19,26)(H,20,27)(H,22,23)(H,24,25). The largest absolute Gasteiger partial charge is 0.481 e. The smallest absolute Gasteiger partial charge is 0.322 e. The number of hydrogen-bond acceptors (Lipinski definition) is 7. The van der Waals surface area contributed by atoms with Crippen LogP contribution < -0.4 is 21.7 Å². The number of rotatable bonds is 12. The average molecular weight is 404 g/mol. The van der Waals surface area contributed by atoms with Crippen molar-refractivity contribution in [1.82, 2.24) is 16.0 Å². The quantitative estimate of drug-likeness (QED) is 0.181. The third-order valence-electron chi connectivity index (χ3n) is 3.55. The van der Waals surface area contributed by atoms with Crippen LogP contribution in [0.5, 0.6) is 0 Å². The molecule has 0 saturated heterocycles. The number of carbonyl (C=O) groups is 5. The Hall–Kier alpha value is -2.73. The molecule has 0 fully saturated rings. The van der Waals surface area contributed by atoms with Crippen molar-refractivity contribution >= 4 is 29.7 Å². The van der Waals surface area contributed by atoms with Crippen LogP contribution in [0.25, 0.3) is 0 Å². The molecule has 0 aliphatic rings. The van der Waals surface area contributed by atoms with Gasteiger partial charge in [0.25, 0.3) is 0 Å². The summed E-state index contributed by atoms with van der Waals surface area (Å²) in [6, 6.07) is -3.96. The van der Waals surface area contributed by atoms with Crippen molar-refractivity contribution in [2.24, 2.45) is 11.7 Å². The van der Waals surface area contributed by atoms with E-state index in [1.807, 2.05) is 5.32 Å². The van der Waals surface area contributed by atoms with Gasteiger partial charge < -0.3 is 37.0 Å². The van der Waals surface area contributed by atoms with Crippen LogP contribution in [0.1, 0.15) is 33.6 Å². The summed E-state index contributed by atoms with van der Waals surface area (Å²) in [5.41, 5.74) is 5.48. The molecule has 0 heterocycles. The lowest BCUT2D eigenvalue weighted by molar-refractivity contribution is -0.140. The van der Waals surface area contributed by atoms with Crippen molar-refractivity contribution < 1.29 is 39.3 Å². The fraction of sp³-hybridized carbons (Fsp3) is 0.688. The number of nitrogens with two attached hydrogens (primary N) is 1. The predicted molar refractivity (Wildman–Crippen MR) is 95.9 cm³/mol. The summed E-state index contributed by atoms with van der Waals surface area (Å²) in [4.78, 5) is 57.8. The van der Waals surface area contributed by atoms with Crippen molar-refractivity contribution in [3.63, 3.8) is 0 Å². The Morgan fingerprint density at radius 3 is 1.89 bits per heavy atom. The molecule has 0 rings (SSSR count). The van der Waals surface area contributed by atoms with Gasteiger partial charge in [0, 0.05) is 0 Å². The summed E-state index contributed by atoms with van der Waals surface area (Å²) in [6.45, 7) is 4.07. The maximum Gasteiger partial charge on any atom is 0.322 e. The molecule has 0 spiro atoms. The highest BCUT2D eigenvalue weighted by atomic mass is 16.4. The number of hydrogen-bond donors (Lipinski definition) is 7. The van der Waals surface area contributed by atoms with E-state index in [2.05, 4.69) is 10.6 Å². The number of nitrogens with one attached hydrogen (secondary N) is 3. The zero-order valence-electron chi connectivity index (χ0n) is 16.0. The first-order valence-electron chi connectivity index (χ1n) is 8.60. The Bertz CT molecular complexity index is 593. The number of carboxylic acid groups (broad SMARTS) is 2. The SMILES string of the molecule is CC(C)CC(NC(=O)C(N)CC(=O)O)C(=O)NC(C(=O)NCC(=O)O)C(C)O. The van der Waals surface area contributed by atoms with E-state index in [-0.39, 0.29) is 12.3 Å². The number of carbonyl (C=O) groups excluding carboxylic acids is 3. The molecule has 160 valence electrons. The van der Waals surface area contributed by atoms with E-state index in [9.17, 15) is 29.1 Å². The van der Waals surface area contributed by atoms with E-state index >= 15 is 0 Å². The molecular weight excluding hydrogens is 376 g/mol. The number of amides is 3. The van der Waals surface area contributed by atoms with Crippen molar-refractivity contribution in [2.75, 3.05) is 6.54 Å². The Morgan fingerprint density at radius 2 is 1.46 bits per heavy atom. The number of aliphatic hydroxyl groups is 1. The lowest BCUT2D eigenvalue weighted by atomic mass is 10.0. The molecule has 0 aromatic carbocycles. The van der Waals surface area contributed by atoms with Crippen molar-refractivity contribution in [3.8, 4) is 0 Å². The van der Waals surface area contributed by atoms with Crippen LogP contribution in [0.15, 0.2) is 0 Å². The van der Waals surface area contributed by atoms with E-state index in [1.165, 1.54) is 6.92 Å². The fourth-order valence-corrected chi connectivity index (χ4v) is 2.19. The van der Waals surface area contributed by atoms with Crippen LogP contribution >= 0.6 is 0 Å². The van der Waals surface area contributed by atoms with E-state index in [1.54, 1.807) is 13.8 Å². The van der Waals surface area contributed by atoms with E-state index < -0.39 is 66.9 Å². The molecule has 0 aromatic rings. The molecule has 0 saturated carbocycles. The van der Waals surface area contributed by atoms with Gasteiger partial charge >= 0.3 is 11.9 Å². The van der Waals surface area contributed by atoms with Gasteiger partial charge in [-0.2, -0.15) is 0 Å². The van der Waals surface area contributed by atoms with Crippen molar-refractivity contribution in [2.45, 2.75) is 57.8 Å². The van der Waals surface area contributed by atoms with Gasteiger partial charge in [-0.3, -0.25) is 24.0 Å². The summed E-state index contributed by atoms with van der Waals surface area (Å²) >= 11 is 0. The third-order valence-corrected chi connectivity index (χ3v) is 3.55. The van der Waals surface area contributed by atoms with Crippen LogP contribution in [0.2, 0.25) is 0 Å². The molecule has 28 heavy (non-hydrogen) atoms. The highest BCUT2D eigenvalue weighted by molar-refractivity contribution is 5.94. The first-order valence-corrected chi connectivity index (χ1v) is 8.60. The second-order valence-electron chi connectivity index (χ2n) is 6.73. The van der Waals surface area contributed by atoms with Crippen LogP contribution in [0.3, 0.4) is 0 Å². The molecular formula is C16H28N4O8. The van der Waals surface area contributed by atoms with Gasteiger partial charge in [0.05, 0.1) is 18.6 Å². The Balaban J connectivity index is 5.19. The zero-order chi connectivity index (χ0) is 22.0. The second-order valence-corrected chi connectivity index (χ2v) is 6.73. The van der Waals surface area contributed by atoms with Gasteiger partial charge in [0.15, 0.2) is 0 Å². The van der Waals surface area contributed by atoms with Crippen molar-refractivity contribution in [1.29, 1.82) is 0 Å². The van der Waals surface area contributed by atoms with Gasteiger partial charge in [0.2, 0.25) is 17.7 Å². The topological polar surface area (TPSA) is 208 Å². The summed E-state index contributed by atoms with van der Waals surface area (Å²) < 4.78 is 0. The minimum absolute atomic E-state index is 0.0578. The maximum absolute atomic E-state index is 12.5. The van der Waals surface area contributed by atoms with Gasteiger partial charge in [0.1, 0.15) is 18.6 Å². The van der Waals surface area contributed by atoms with E-state index in [4.69, 9.17) is 15.9 Å². The van der Waals surface area contributed by atoms with Crippen LogP contribution in [-0.2, 0) is 24.0 Å². The molecule has 4 atom stereocenters. The van der Waals surface area contributed by atoms with Gasteiger partial charge in [-0.15, -0.1) is 0 Å². The fourth-order valence-electron chi connectivity index (χ4n) is 2.19. The molecule has 12 nitrogen and oxygen atoms in total. The molecule has 0 aliphatic carbocycles. The Labute approximate surface area is 161 Å². The lowest BCUT2D eigenvalue weighted by Gasteiger charge is -2.26. The van der Waals surface area contributed by atoms with E-state index in [0.717, 1.165) is 0 Å². The van der Waals surface area contributed by atoms with Crippen molar-refractivity contribution in [3.05, 3.63) is 0 Å². The Kier molecular flexibility index (Phi) is 10.7. The minimum atomic E-state index is -1.45. The number of aliphatic hydroxyl groups excluding tert-OH is 1. The first kappa shape index (κ1) is 25.3. The second kappa shape index (κ2) is 11.9. The first-order chi connectivity index (χ1) is 12.8. The minimum Gasteiger partial charge on any atom is -0.481 e. The summed E-state index contributed by atoms with van der Waals surface area (Å²) in [5.74, 6) is -5.22. The zero-order valence-corrected chi connectivity index (χ0v) is 16.0. The van der Waals surface area contributed by atoms with Crippen LogP contribution in [-0.4, -0.2) is 75.8 Å². The molecule has 8 N–H and O–H groups in total. The van der Waals surface area contributed by atoms with Gasteiger partial charge in [-0.1, -0.05) is 13.8 Å². The van der Waals surface area contributed by atoms with Crippen LogP contribution in [0, 0.1) is 5.92 Å². The average Bonchev–Trinajstić information content (AvgIpc) is 2.55. The number of aliphatic carboxylic acids is 2. The monoisotopic (exact) mass is 404 g/mol. The third kappa shape index (κ3) is 9.83.